The highest BCUT2D eigenvalue weighted by atomic mass is 16.6. The number of nitrogens with zero attached hydrogens (tertiary/aromatic N) is 3. The van der Waals surface area contributed by atoms with Crippen LogP contribution in [-0.2, 0) is 11.3 Å². The first-order valence-electron chi connectivity index (χ1n) is 4.56. The van der Waals surface area contributed by atoms with Crippen LogP contribution in [0.3, 0.4) is 0 Å². The van der Waals surface area contributed by atoms with Gasteiger partial charge in [-0.25, -0.2) is 0 Å². The van der Waals surface area contributed by atoms with Crippen LogP contribution in [0.15, 0.2) is 12.4 Å². The maximum Gasteiger partial charge on any atom is 0.306 e. The van der Waals surface area contributed by atoms with Crippen molar-refractivity contribution in [2.24, 2.45) is 0 Å². The molecule has 0 saturated carbocycles. The first-order valence-corrected chi connectivity index (χ1v) is 4.56. The lowest BCUT2D eigenvalue weighted by atomic mass is 10.4. The third-order valence-corrected chi connectivity index (χ3v) is 1.74. The first kappa shape index (κ1) is 11.6. The Kier molecular flexibility index (Phi) is 4.19. The zero-order chi connectivity index (χ0) is 11.3. The number of aliphatic hydroxyl groups is 1. The molecule has 1 heterocycles. The topological polar surface area (TPSA) is 90.4 Å². The van der Waals surface area contributed by atoms with E-state index in [-0.39, 0.29) is 18.8 Å². The standard InChI is InChI=1S/C8H13N3O4/c1-2-15-6-8(12)5-10-4-7(3-9-10)11(13)14/h3-4,8,12H,2,5-6H2,1H3. The number of hydrogen-bond donors (Lipinski definition) is 1. The molecule has 1 atom stereocenters. The highest BCUT2D eigenvalue weighted by Gasteiger charge is 2.11. The summed E-state index contributed by atoms with van der Waals surface area (Å²) in [5, 5.41) is 23.5. The Labute approximate surface area is 86.4 Å². The normalized spacial score (nSPS) is 12.7. The summed E-state index contributed by atoms with van der Waals surface area (Å²) in [7, 11) is 0. The lowest BCUT2D eigenvalue weighted by Crippen LogP contribution is -2.22. The van der Waals surface area contributed by atoms with E-state index in [9.17, 15) is 15.2 Å². The molecule has 0 aliphatic carbocycles. The lowest BCUT2D eigenvalue weighted by Gasteiger charge is -2.09. The van der Waals surface area contributed by atoms with Crippen molar-refractivity contribution < 1.29 is 14.8 Å². The summed E-state index contributed by atoms with van der Waals surface area (Å²) < 4.78 is 6.32. The predicted molar refractivity (Wildman–Crippen MR) is 51.4 cm³/mol. The summed E-state index contributed by atoms with van der Waals surface area (Å²) in [6, 6.07) is 0. The van der Waals surface area contributed by atoms with E-state index >= 15 is 0 Å². The van der Waals surface area contributed by atoms with Gasteiger partial charge in [-0.1, -0.05) is 0 Å². The van der Waals surface area contributed by atoms with E-state index in [2.05, 4.69) is 5.10 Å². The fraction of sp³-hybridized carbons (Fsp3) is 0.625. The van der Waals surface area contributed by atoms with Gasteiger partial charge in [-0.15, -0.1) is 0 Å². The van der Waals surface area contributed by atoms with Gasteiger partial charge in [0.15, 0.2) is 0 Å². The largest absolute Gasteiger partial charge is 0.389 e. The molecule has 7 heteroatoms. The zero-order valence-corrected chi connectivity index (χ0v) is 8.37. The molecule has 0 saturated heterocycles. The first-order chi connectivity index (χ1) is 7.13. The van der Waals surface area contributed by atoms with Crippen molar-refractivity contribution in [3.63, 3.8) is 0 Å². The number of aromatic nitrogens is 2. The Balaban J connectivity index is 2.46. The van der Waals surface area contributed by atoms with E-state index in [1.54, 1.807) is 0 Å². The van der Waals surface area contributed by atoms with E-state index in [1.807, 2.05) is 6.92 Å². The van der Waals surface area contributed by atoms with E-state index < -0.39 is 11.0 Å². The van der Waals surface area contributed by atoms with Gasteiger partial charge in [-0.3, -0.25) is 14.8 Å². The number of hydrogen-bond acceptors (Lipinski definition) is 5. The SMILES string of the molecule is CCOCC(O)Cn1cc([N+](=O)[O-])cn1. The van der Waals surface area contributed by atoms with Crippen LogP contribution in [0.25, 0.3) is 0 Å². The zero-order valence-electron chi connectivity index (χ0n) is 8.37. The Morgan fingerprint density at radius 3 is 3.07 bits per heavy atom. The minimum atomic E-state index is -0.704. The maximum atomic E-state index is 10.3. The highest BCUT2D eigenvalue weighted by molar-refractivity contribution is 5.20. The van der Waals surface area contributed by atoms with Crippen molar-refractivity contribution in [2.45, 2.75) is 19.6 Å². The van der Waals surface area contributed by atoms with Crippen molar-refractivity contribution in [2.75, 3.05) is 13.2 Å². The van der Waals surface area contributed by atoms with Crippen LogP contribution in [0.2, 0.25) is 0 Å². The molecule has 1 aromatic heterocycles. The summed E-state index contributed by atoms with van der Waals surface area (Å²) in [6.07, 6.45) is 1.72. The van der Waals surface area contributed by atoms with Crippen molar-refractivity contribution >= 4 is 5.69 Å². The van der Waals surface area contributed by atoms with Gasteiger partial charge in [0.05, 0.1) is 24.2 Å². The fourth-order valence-electron chi connectivity index (χ4n) is 1.07. The number of ether oxygens (including phenoxy) is 1. The van der Waals surface area contributed by atoms with Crippen LogP contribution in [0.1, 0.15) is 6.92 Å². The number of nitro groups is 1. The molecule has 15 heavy (non-hydrogen) atoms. The molecular formula is C8H13N3O4. The summed E-state index contributed by atoms with van der Waals surface area (Å²) in [6.45, 7) is 2.74. The molecule has 1 aromatic rings. The molecule has 0 radical (unpaired) electrons. The molecule has 0 amide bonds. The molecule has 1 N–H and O–H groups in total. The minimum absolute atomic E-state index is 0.0846. The smallest absolute Gasteiger partial charge is 0.306 e. The van der Waals surface area contributed by atoms with Gasteiger partial charge in [0, 0.05) is 6.61 Å². The Morgan fingerprint density at radius 2 is 2.53 bits per heavy atom. The fourth-order valence-corrected chi connectivity index (χ4v) is 1.07. The van der Waals surface area contributed by atoms with Crippen molar-refractivity contribution in [1.29, 1.82) is 0 Å². The van der Waals surface area contributed by atoms with Crippen molar-refractivity contribution in [1.82, 2.24) is 9.78 Å². The third kappa shape index (κ3) is 3.64. The van der Waals surface area contributed by atoms with Crippen LogP contribution in [0, 0.1) is 10.1 Å². The molecule has 0 aromatic carbocycles. The van der Waals surface area contributed by atoms with Gasteiger partial charge in [0.1, 0.15) is 12.4 Å². The highest BCUT2D eigenvalue weighted by Crippen LogP contribution is 2.08. The molecule has 7 nitrogen and oxygen atoms in total. The molecule has 0 spiro atoms. The Morgan fingerprint density at radius 1 is 1.80 bits per heavy atom. The maximum absolute atomic E-state index is 10.3. The van der Waals surface area contributed by atoms with Crippen LogP contribution in [-0.4, -0.2) is 39.1 Å². The van der Waals surface area contributed by atoms with Crippen molar-refractivity contribution in [3.05, 3.63) is 22.5 Å². The average molecular weight is 215 g/mol. The van der Waals surface area contributed by atoms with Crippen LogP contribution < -0.4 is 0 Å². The molecule has 0 fully saturated rings. The molecule has 0 bridgehead atoms. The number of rotatable bonds is 6. The van der Waals surface area contributed by atoms with Gasteiger partial charge in [0.25, 0.3) is 0 Å². The van der Waals surface area contributed by atoms with E-state index in [0.29, 0.717) is 6.61 Å². The van der Waals surface area contributed by atoms with E-state index in [0.717, 1.165) is 6.20 Å². The summed E-state index contributed by atoms with van der Waals surface area (Å²) in [4.78, 5) is 9.81. The predicted octanol–water partition coefficient (Wildman–Crippen LogP) is 0.189. The number of aliphatic hydroxyl groups excluding tert-OH is 1. The Hall–Kier alpha value is -1.47. The van der Waals surface area contributed by atoms with E-state index in [4.69, 9.17) is 4.74 Å². The monoisotopic (exact) mass is 215 g/mol. The third-order valence-electron chi connectivity index (χ3n) is 1.74. The van der Waals surface area contributed by atoms with Crippen LogP contribution >= 0.6 is 0 Å². The summed E-state index contributed by atoms with van der Waals surface area (Å²) >= 11 is 0. The van der Waals surface area contributed by atoms with Crippen LogP contribution in [0.4, 0.5) is 5.69 Å². The molecular weight excluding hydrogens is 202 g/mol. The van der Waals surface area contributed by atoms with Gasteiger partial charge in [-0.2, -0.15) is 5.10 Å². The van der Waals surface area contributed by atoms with Crippen molar-refractivity contribution in [3.8, 4) is 0 Å². The van der Waals surface area contributed by atoms with Gasteiger partial charge in [0.2, 0.25) is 0 Å². The Bertz CT molecular complexity index is 325. The molecule has 1 unspecified atom stereocenters. The van der Waals surface area contributed by atoms with Gasteiger partial charge < -0.3 is 9.84 Å². The molecule has 0 aliphatic rings. The quantitative estimate of drug-likeness (QED) is 0.540. The second-order valence-corrected chi connectivity index (χ2v) is 2.99. The second-order valence-electron chi connectivity index (χ2n) is 2.99. The average Bonchev–Trinajstić information content (AvgIpc) is 2.63. The van der Waals surface area contributed by atoms with E-state index in [1.165, 1.54) is 10.9 Å². The van der Waals surface area contributed by atoms with Gasteiger partial charge >= 0.3 is 5.69 Å². The minimum Gasteiger partial charge on any atom is -0.389 e. The summed E-state index contributed by atoms with van der Waals surface area (Å²) in [5.41, 5.74) is -0.0846. The summed E-state index contributed by atoms with van der Waals surface area (Å²) in [5.74, 6) is 0. The molecule has 0 aliphatic heterocycles. The van der Waals surface area contributed by atoms with Crippen LogP contribution in [0.5, 0.6) is 0 Å². The molecule has 1 rings (SSSR count). The second kappa shape index (κ2) is 5.42. The van der Waals surface area contributed by atoms with Gasteiger partial charge in [-0.05, 0) is 6.92 Å². The molecule has 84 valence electrons. The lowest BCUT2D eigenvalue weighted by molar-refractivity contribution is -0.385.